The number of hydrogen-bond donors (Lipinski definition) is 3. The molecule has 6 nitrogen and oxygen atoms in total. The summed E-state index contributed by atoms with van der Waals surface area (Å²) in [6, 6.07) is 0. The Balaban J connectivity index is 2.37. The van der Waals surface area contributed by atoms with E-state index in [1.165, 1.54) is 32.1 Å². The highest BCUT2D eigenvalue weighted by Crippen LogP contribution is 2.39. The van der Waals surface area contributed by atoms with Gasteiger partial charge < -0.3 is 25.2 Å². The smallest absolute Gasteiger partial charge is 0.191 e. The van der Waals surface area contributed by atoms with Gasteiger partial charge in [0.25, 0.3) is 0 Å². The molecule has 1 aliphatic rings. The van der Waals surface area contributed by atoms with Crippen LogP contribution in [0.25, 0.3) is 0 Å². The standard InChI is InChI=1S/C18H37N3O3/c1-3-19-17(20-11-7-13-24-15-14-23-2)21-16-18(10-12-22)8-5-4-6-9-18/h22H,3-16H2,1-2H3,(H2,19,20,21). The first-order valence-electron chi connectivity index (χ1n) is 9.46. The molecule has 6 heteroatoms. The number of guanidine groups is 1. The minimum atomic E-state index is 0.193. The second-order valence-corrected chi connectivity index (χ2v) is 6.61. The molecule has 0 saturated heterocycles. The van der Waals surface area contributed by atoms with Crippen LogP contribution in [0.1, 0.15) is 51.9 Å². The van der Waals surface area contributed by atoms with Gasteiger partial charge in [0.2, 0.25) is 0 Å². The maximum atomic E-state index is 9.41. The molecule has 0 unspecified atom stereocenters. The van der Waals surface area contributed by atoms with Crippen molar-refractivity contribution in [1.82, 2.24) is 10.6 Å². The van der Waals surface area contributed by atoms with Crippen molar-refractivity contribution < 1.29 is 14.6 Å². The third-order valence-corrected chi connectivity index (χ3v) is 4.66. The van der Waals surface area contributed by atoms with Crippen LogP contribution in [0.5, 0.6) is 0 Å². The Morgan fingerprint density at radius 2 is 1.92 bits per heavy atom. The topological polar surface area (TPSA) is 75.1 Å². The lowest BCUT2D eigenvalue weighted by Crippen LogP contribution is -2.39. The molecule has 24 heavy (non-hydrogen) atoms. The number of nitrogens with one attached hydrogen (secondary N) is 2. The summed E-state index contributed by atoms with van der Waals surface area (Å²) in [7, 11) is 1.68. The van der Waals surface area contributed by atoms with Gasteiger partial charge >= 0.3 is 0 Å². The Morgan fingerprint density at radius 3 is 2.58 bits per heavy atom. The molecule has 1 aliphatic carbocycles. The van der Waals surface area contributed by atoms with E-state index in [0.717, 1.165) is 45.0 Å². The highest BCUT2D eigenvalue weighted by Gasteiger charge is 2.31. The molecule has 0 aliphatic heterocycles. The Bertz CT molecular complexity index is 326. The molecule has 3 N–H and O–H groups in total. The minimum absolute atomic E-state index is 0.193. The molecule has 0 aromatic rings. The summed E-state index contributed by atoms with van der Waals surface area (Å²) in [5.41, 5.74) is 0.193. The van der Waals surface area contributed by atoms with Gasteiger partial charge in [-0.2, -0.15) is 0 Å². The number of nitrogens with zero attached hydrogens (tertiary/aromatic N) is 1. The van der Waals surface area contributed by atoms with Gasteiger partial charge in [-0.15, -0.1) is 0 Å². The number of methoxy groups -OCH3 is 1. The number of ether oxygens (including phenoxy) is 2. The minimum Gasteiger partial charge on any atom is -0.396 e. The van der Waals surface area contributed by atoms with Crippen LogP contribution in [-0.2, 0) is 9.47 Å². The number of hydrogen-bond acceptors (Lipinski definition) is 4. The van der Waals surface area contributed by atoms with Crippen LogP contribution in [0.3, 0.4) is 0 Å². The van der Waals surface area contributed by atoms with E-state index in [0.29, 0.717) is 13.2 Å². The van der Waals surface area contributed by atoms with Crippen molar-refractivity contribution in [2.45, 2.75) is 51.9 Å². The molecule has 1 rings (SSSR count). The first kappa shape index (κ1) is 21.2. The molecule has 1 saturated carbocycles. The molecule has 0 amide bonds. The highest BCUT2D eigenvalue weighted by molar-refractivity contribution is 5.79. The first-order chi connectivity index (χ1) is 11.8. The molecule has 0 heterocycles. The zero-order valence-electron chi connectivity index (χ0n) is 15.6. The molecule has 0 aromatic heterocycles. The average Bonchev–Trinajstić information content (AvgIpc) is 2.60. The number of aliphatic hydroxyl groups is 1. The van der Waals surface area contributed by atoms with E-state index in [4.69, 9.17) is 14.5 Å². The van der Waals surface area contributed by atoms with Crippen LogP contribution in [0.4, 0.5) is 0 Å². The van der Waals surface area contributed by atoms with Gasteiger partial charge in [0.05, 0.1) is 13.2 Å². The van der Waals surface area contributed by atoms with Gasteiger partial charge in [-0.3, -0.25) is 4.99 Å². The lowest BCUT2D eigenvalue weighted by molar-refractivity contribution is 0.0698. The van der Waals surface area contributed by atoms with E-state index < -0.39 is 0 Å². The maximum absolute atomic E-state index is 9.41. The van der Waals surface area contributed by atoms with Gasteiger partial charge in [-0.05, 0) is 38.0 Å². The highest BCUT2D eigenvalue weighted by atomic mass is 16.5. The summed E-state index contributed by atoms with van der Waals surface area (Å²) in [6.45, 7) is 6.85. The Morgan fingerprint density at radius 1 is 1.12 bits per heavy atom. The third kappa shape index (κ3) is 8.85. The van der Waals surface area contributed by atoms with Crippen LogP contribution >= 0.6 is 0 Å². The van der Waals surface area contributed by atoms with Gasteiger partial charge in [0.1, 0.15) is 0 Å². The molecular weight excluding hydrogens is 306 g/mol. The fraction of sp³-hybridized carbons (Fsp3) is 0.944. The fourth-order valence-corrected chi connectivity index (χ4v) is 3.24. The molecule has 0 spiro atoms. The van der Waals surface area contributed by atoms with Crippen molar-refractivity contribution >= 4 is 5.96 Å². The van der Waals surface area contributed by atoms with Crippen molar-refractivity contribution in [1.29, 1.82) is 0 Å². The molecule has 1 fully saturated rings. The monoisotopic (exact) mass is 343 g/mol. The summed E-state index contributed by atoms with van der Waals surface area (Å²) in [4.78, 5) is 4.80. The number of aliphatic hydroxyl groups excluding tert-OH is 1. The lowest BCUT2D eigenvalue weighted by atomic mass is 9.72. The predicted octanol–water partition coefficient (Wildman–Crippen LogP) is 1.93. The summed E-state index contributed by atoms with van der Waals surface area (Å²) in [6.07, 6.45) is 8.02. The molecular formula is C18H37N3O3. The summed E-state index contributed by atoms with van der Waals surface area (Å²) in [5, 5.41) is 16.1. The Hall–Kier alpha value is -0.850. The predicted molar refractivity (Wildman–Crippen MR) is 98.5 cm³/mol. The normalized spacial score (nSPS) is 17.7. The molecule has 142 valence electrons. The van der Waals surface area contributed by atoms with Crippen LogP contribution in [0, 0.1) is 5.41 Å². The van der Waals surface area contributed by atoms with E-state index in [9.17, 15) is 5.11 Å². The number of aliphatic imine (C=N–C) groups is 1. The van der Waals surface area contributed by atoms with Crippen LogP contribution in [-0.4, -0.2) is 64.2 Å². The van der Waals surface area contributed by atoms with E-state index in [1.54, 1.807) is 7.11 Å². The number of rotatable bonds is 12. The van der Waals surface area contributed by atoms with Crippen molar-refractivity contribution in [3.05, 3.63) is 0 Å². The molecule has 0 aromatic carbocycles. The second-order valence-electron chi connectivity index (χ2n) is 6.61. The van der Waals surface area contributed by atoms with Gasteiger partial charge in [-0.25, -0.2) is 0 Å². The quantitative estimate of drug-likeness (QED) is 0.287. The van der Waals surface area contributed by atoms with Crippen molar-refractivity contribution in [2.75, 3.05) is 53.2 Å². The van der Waals surface area contributed by atoms with Crippen molar-refractivity contribution in [2.24, 2.45) is 10.4 Å². The summed E-state index contributed by atoms with van der Waals surface area (Å²) < 4.78 is 10.4. The average molecular weight is 344 g/mol. The van der Waals surface area contributed by atoms with Crippen LogP contribution in [0.15, 0.2) is 4.99 Å². The molecule has 0 bridgehead atoms. The van der Waals surface area contributed by atoms with E-state index in [2.05, 4.69) is 17.6 Å². The van der Waals surface area contributed by atoms with Gasteiger partial charge in [-0.1, -0.05) is 19.3 Å². The van der Waals surface area contributed by atoms with Crippen molar-refractivity contribution in [3.63, 3.8) is 0 Å². The SMILES string of the molecule is CCNC(=NCC1(CCO)CCCCC1)NCCCOCCOC. The summed E-state index contributed by atoms with van der Waals surface area (Å²) >= 11 is 0. The fourth-order valence-electron chi connectivity index (χ4n) is 3.24. The largest absolute Gasteiger partial charge is 0.396 e. The second kappa shape index (κ2) is 13.4. The molecule has 0 atom stereocenters. The summed E-state index contributed by atoms with van der Waals surface area (Å²) in [5.74, 6) is 0.872. The van der Waals surface area contributed by atoms with Crippen LogP contribution in [0.2, 0.25) is 0 Å². The van der Waals surface area contributed by atoms with E-state index >= 15 is 0 Å². The lowest BCUT2D eigenvalue weighted by Gasteiger charge is -2.35. The van der Waals surface area contributed by atoms with Crippen molar-refractivity contribution in [3.8, 4) is 0 Å². The Kier molecular flexibility index (Phi) is 11.9. The van der Waals surface area contributed by atoms with Gasteiger partial charge in [0, 0.05) is 40.0 Å². The van der Waals surface area contributed by atoms with Gasteiger partial charge in [0.15, 0.2) is 5.96 Å². The van der Waals surface area contributed by atoms with E-state index in [-0.39, 0.29) is 12.0 Å². The Labute approximate surface area is 147 Å². The zero-order valence-corrected chi connectivity index (χ0v) is 15.6. The third-order valence-electron chi connectivity index (χ3n) is 4.66. The van der Waals surface area contributed by atoms with E-state index in [1.807, 2.05) is 0 Å². The first-order valence-corrected chi connectivity index (χ1v) is 9.46. The molecule has 0 radical (unpaired) electrons. The maximum Gasteiger partial charge on any atom is 0.191 e. The zero-order chi connectivity index (χ0) is 17.5. The van der Waals surface area contributed by atoms with Crippen LogP contribution < -0.4 is 10.6 Å².